The molecule has 0 saturated heterocycles. The Labute approximate surface area is 182 Å². The fourth-order valence-electron chi connectivity index (χ4n) is 2.25. The van der Waals surface area contributed by atoms with Crippen LogP contribution in [0, 0.1) is 13.7 Å². The molecule has 0 aliphatic rings. The van der Waals surface area contributed by atoms with Gasteiger partial charge in [-0.1, -0.05) is 31.9 Å². The van der Waals surface area contributed by atoms with E-state index in [0.29, 0.717) is 10.1 Å². The van der Waals surface area contributed by atoms with Gasteiger partial charge < -0.3 is 9.52 Å². The zero-order chi connectivity index (χ0) is 19.7. The van der Waals surface area contributed by atoms with E-state index in [0.717, 1.165) is 19.6 Å². The molecule has 0 fully saturated rings. The zero-order valence-electron chi connectivity index (χ0n) is 13.1. The van der Waals surface area contributed by atoms with Crippen molar-refractivity contribution in [2.24, 2.45) is 5.10 Å². The molecule has 3 rings (SSSR count). The molecule has 2 aromatic carbocycles. The molecule has 0 atom stereocenters. The van der Waals surface area contributed by atoms with Crippen LogP contribution < -0.4 is 5.43 Å². The normalized spacial score (nSPS) is 11.2. The Hall–Kier alpha value is -1.99. The summed E-state index contributed by atoms with van der Waals surface area (Å²) in [4.78, 5) is 22.4. The summed E-state index contributed by atoms with van der Waals surface area (Å²) in [6, 6.07) is 7.85. The summed E-state index contributed by atoms with van der Waals surface area (Å²) >= 11 is 8.60. The van der Waals surface area contributed by atoms with Crippen LogP contribution in [0.25, 0.3) is 11.0 Å². The topological polar surface area (TPSA) is 118 Å². The summed E-state index contributed by atoms with van der Waals surface area (Å²) in [5, 5.41) is 25.3. The monoisotopic (exact) mass is 607 g/mol. The molecular formula is C16H8Br2IN3O5. The minimum Gasteiger partial charge on any atom is -0.502 e. The summed E-state index contributed by atoms with van der Waals surface area (Å²) < 4.78 is 7.63. The molecule has 11 heteroatoms. The minimum atomic E-state index is -0.718. The van der Waals surface area contributed by atoms with Crippen LogP contribution in [0.15, 0.2) is 48.8 Å². The number of furan rings is 1. The molecule has 0 aliphatic heterocycles. The van der Waals surface area contributed by atoms with Crippen molar-refractivity contribution in [2.75, 3.05) is 0 Å². The Morgan fingerprint density at radius 3 is 2.67 bits per heavy atom. The summed E-state index contributed by atoms with van der Waals surface area (Å²) in [5.74, 6) is -1.09. The van der Waals surface area contributed by atoms with Crippen molar-refractivity contribution in [2.45, 2.75) is 0 Å². The van der Waals surface area contributed by atoms with Gasteiger partial charge in [0.15, 0.2) is 5.76 Å². The smallest absolute Gasteiger partial charge is 0.312 e. The number of nitro groups is 1. The summed E-state index contributed by atoms with van der Waals surface area (Å²) in [6.45, 7) is 0. The molecule has 2 N–H and O–H groups in total. The first-order chi connectivity index (χ1) is 12.8. The maximum absolute atomic E-state index is 12.2. The van der Waals surface area contributed by atoms with Crippen molar-refractivity contribution in [1.29, 1.82) is 0 Å². The van der Waals surface area contributed by atoms with Crippen LogP contribution in [0.2, 0.25) is 0 Å². The van der Waals surface area contributed by atoms with E-state index in [-0.39, 0.29) is 11.3 Å². The van der Waals surface area contributed by atoms with Gasteiger partial charge in [0.1, 0.15) is 5.58 Å². The number of nitro benzene ring substituents is 1. The van der Waals surface area contributed by atoms with Gasteiger partial charge in [-0.2, -0.15) is 5.10 Å². The molecule has 3 aromatic rings. The number of carbonyl (C=O) groups is 1. The SMILES string of the molecule is O=C(N/N=C\c1cc(Br)cc([N+](=O)[O-])c1O)c1cc2cc(Br)cc(I)c2o1. The standard InChI is InChI=1S/C16H8Br2IN3O5/c17-9-1-7-3-13(27-15(7)11(19)4-9)16(24)21-20-6-8-2-10(18)5-12(14(8)23)22(25)26/h1-6,23H,(H,21,24)/b20-6-. The number of halogens is 3. The van der Waals surface area contributed by atoms with Crippen molar-refractivity contribution in [1.82, 2.24) is 5.43 Å². The fraction of sp³-hybridized carbons (Fsp3) is 0. The van der Waals surface area contributed by atoms with E-state index >= 15 is 0 Å². The van der Waals surface area contributed by atoms with Crippen LogP contribution >= 0.6 is 54.5 Å². The number of nitrogens with zero attached hydrogens (tertiary/aromatic N) is 2. The number of phenols is 1. The van der Waals surface area contributed by atoms with Crippen LogP contribution in [0.3, 0.4) is 0 Å². The van der Waals surface area contributed by atoms with Gasteiger partial charge in [0.25, 0.3) is 0 Å². The number of carbonyl (C=O) groups excluding carboxylic acids is 1. The fourth-order valence-corrected chi connectivity index (χ4v) is 4.37. The second-order valence-electron chi connectivity index (χ2n) is 5.24. The van der Waals surface area contributed by atoms with Crippen molar-refractivity contribution < 1.29 is 19.2 Å². The van der Waals surface area contributed by atoms with Gasteiger partial charge in [-0.25, -0.2) is 5.43 Å². The van der Waals surface area contributed by atoms with Crippen molar-refractivity contribution >= 4 is 83.2 Å². The van der Waals surface area contributed by atoms with Crippen molar-refractivity contribution in [3.05, 3.63) is 64.3 Å². The predicted octanol–water partition coefficient (Wildman–Crippen LogP) is 4.94. The Morgan fingerprint density at radius 2 is 1.96 bits per heavy atom. The number of amides is 1. The number of nitrogens with one attached hydrogen (secondary N) is 1. The highest BCUT2D eigenvalue weighted by atomic mass is 127. The average Bonchev–Trinajstić information content (AvgIpc) is 3.01. The van der Waals surface area contributed by atoms with Crippen LogP contribution in [-0.2, 0) is 0 Å². The van der Waals surface area contributed by atoms with Gasteiger partial charge in [0, 0.05) is 26.0 Å². The lowest BCUT2D eigenvalue weighted by Gasteiger charge is -2.01. The zero-order valence-corrected chi connectivity index (χ0v) is 18.4. The third-order valence-electron chi connectivity index (χ3n) is 3.41. The van der Waals surface area contributed by atoms with Crippen LogP contribution in [-0.4, -0.2) is 22.2 Å². The number of hydrogen-bond acceptors (Lipinski definition) is 6. The first kappa shape index (κ1) is 19.8. The molecule has 0 unspecified atom stereocenters. The van der Waals surface area contributed by atoms with E-state index in [1.165, 1.54) is 12.1 Å². The average molecular weight is 609 g/mol. The lowest BCUT2D eigenvalue weighted by Crippen LogP contribution is -2.16. The Morgan fingerprint density at radius 1 is 1.26 bits per heavy atom. The summed E-state index contributed by atoms with van der Waals surface area (Å²) in [5.41, 5.74) is 2.43. The number of hydrogen-bond donors (Lipinski definition) is 2. The lowest BCUT2D eigenvalue weighted by atomic mass is 10.2. The van der Waals surface area contributed by atoms with Gasteiger partial charge >= 0.3 is 11.6 Å². The Bertz CT molecular complexity index is 1110. The first-order valence-corrected chi connectivity index (χ1v) is 9.81. The molecule has 8 nitrogen and oxygen atoms in total. The molecule has 1 amide bonds. The Kier molecular flexibility index (Phi) is 5.81. The van der Waals surface area contributed by atoms with Crippen LogP contribution in [0.1, 0.15) is 16.1 Å². The van der Waals surface area contributed by atoms with E-state index in [1.54, 1.807) is 6.07 Å². The number of benzene rings is 2. The minimum absolute atomic E-state index is 0.0580. The molecular weight excluding hydrogens is 601 g/mol. The van der Waals surface area contributed by atoms with E-state index < -0.39 is 22.3 Å². The first-order valence-electron chi connectivity index (χ1n) is 7.15. The molecule has 0 radical (unpaired) electrons. The molecule has 0 spiro atoms. The third kappa shape index (κ3) is 4.30. The van der Waals surface area contributed by atoms with E-state index in [4.69, 9.17) is 4.42 Å². The highest BCUT2D eigenvalue weighted by Crippen LogP contribution is 2.32. The van der Waals surface area contributed by atoms with Gasteiger partial charge in [-0.3, -0.25) is 14.9 Å². The van der Waals surface area contributed by atoms with E-state index in [1.807, 2.05) is 12.1 Å². The predicted molar refractivity (Wildman–Crippen MR) is 114 cm³/mol. The van der Waals surface area contributed by atoms with Gasteiger partial charge in [0.2, 0.25) is 5.75 Å². The van der Waals surface area contributed by atoms with Gasteiger partial charge in [0.05, 0.1) is 14.7 Å². The number of hydrazone groups is 1. The van der Waals surface area contributed by atoms with Crippen LogP contribution in [0.5, 0.6) is 5.75 Å². The van der Waals surface area contributed by atoms with Crippen molar-refractivity contribution in [3.63, 3.8) is 0 Å². The van der Waals surface area contributed by atoms with Gasteiger partial charge in [-0.15, -0.1) is 0 Å². The second-order valence-corrected chi connectivity index (χ2v) is 8.23. The maximum Gasteiger partial charge on any atom is 0.312 e. The molecule has 0 bridgehead atoms. The largest absolute Gasteiger partial charge is 0.502 e. The maximum atomic E-state index is 12.2. The number of rotatable bonds is 4. The Balaban J connectivity index is 1.82. The number of phenolic OH excluding ortho intramolecular Hbond substituents is 1. The summed E-state index contributed by atoms with van der Waals surface area (Å²) in [6.07, 6.45) is 1.11. The number of aromatic hydroxyl groups is 1. The van der Waals surface area contributed by atoms with Crippen LogP contribution in [0.4, 0.5) is 5.69 Å². The molecule has 0 saturated carbocycles. The molecule has 1 heterocycles. The second kappa shape index (κ2) is 7.94. The highest BCUT2D eigenvalue weighted by Gasteiger charge is 2.18. The molecule has 0 aliphatic carbocycles. The highest BCUT2D eigenvalue weighted by molar-refractivity contribution is 14.1. The molecule has 138 valence electrons. The summed E-state index contributed by atoms with van der Waals surface area (Å²) in [7, 11) is 0. The van der Waals surface area contributed by atoms with E-state index in [9.17, 15) is 20.0 Å². The molecule has 1 aromatic heterocycles. The quantitative estimate of drug-likeness (QED) is 0.188. The van der Waals surface area contributed by atoms with Crippen molar-refractivity contribution in [3.8, 4) is 5.75 Å². The van der Waals surface area contributed by atoms with Gasteiger partial charge in [-0.05, 0) is 46.9 Å². The molecule has 27 heavy (non-hydrogen) atoms. The van der Waals surface area contributed by atoms with E-state index in [2.05, 4.69) is 65.0 Å². The lowest BCUT2D eigenvalue weighted by molar-refractivity contribution is -0.385. The third-order valence-corrected chi connectivity index (χ3v) is 5.13. The number of fused-ring (bicyclic) bond motifs is 1.